The number of halogens is 1. The summed E-state index contributed by atoms with van der Waals surface area (Å²) in [5.41, 5.74) is 2.78. The number of hydrogen-bond acceptors (Lipinski definition) is 5. The van der Waals surface area contributed by atoms with Crippen molar-refractivity contribution in [1.29, 1.82) is 0 Å². The number of hydrogen-bond donors (Lipinski definition) is 4. The van der Waals surface area contributed by atoms with Gasteiger partial charge in [-0.05, 0) is 43.7 Å². The van der Waals surface area contributed by atoms with Gasteiger partial charge in [-0.2, -0.15) is 4.98 Å². The topological polar surface area (TPSA) is 116 Å². The number of benzene rings is 2. The van der Waals surface area contributed by atoms with Crippen LogP contribution in [0.3, 0.4) is 0 Å². The van der Waals surface area contributed by atoms with Gasteiger partial charge in [0.1, 0.15) is 5.82 Å². The lowest BCUT2D eigenvalue weighted by Crippen LogP contribution is -2.36. The highest BCUT2D eigenvalue weighted by atomic mass is 35.5. The van der Waals surface area contributed by atoms with Gasteiger partial charge in [-0.1, -0.05) is 35.4 Å². The van der Waals surface area contributed by atoms with E-state index in [1.54, 1.807) is 18.2 Å². The van der Waals surface area contributed by atoms with E-state index in [0.717, 1.165) is 16.8 Å². The first-order chi connectivity index (χ1) is 14.8. The van der Waals surface area contributed by atoms with E-state index in [9.17, 15) is 14.4 Å². The molecule has 2 amide bonds. The summed E-state index contributed by atoms with van der Waals surface area (Å²) >= 11 is 6.12. The molecule has 0 saturated heterocycles. The lowest BCUT2D eigenvalue weighted by molar-refractivity contribution is -0.123. The lowest BCUT2D eigenvalue weighted by atomic mass is 9.92. The Balaban J connectivity index is 1.63. The molecule has 0 spiro atoms. The third kappa shape index (κ3) is 4.44. The molecule has 0 aliphatic carbocycles. The number of nitrogens with one attached hydrogen (secondary N) is 4. The minimum Gasteiger partial charge on any atom is -0.326 e. The second-order valence-electron chi connectivity index (χ2n) is 7.43. The van der Waals surface area contributed by atoms with Gasteiger partial charge >= 0.3 is 0 Å². The van der Waals surface area contributed by atoms with E-state index in [1.807, 2.05) is 38.1 Å². The van der Waals surface area contributed by atoms with Crippen molar-refractivity contribution in [2.75, 3.05) is 16.0 Å². The van der Waals surface area contributed by atoms with Crippen LogP contribution in [-0.2, 0) is 9.59 Å². The third-order valence-corrected chi connectivity index (χ3v) is 5.43. The first-order valence-electron chi connectivity index (χ1n) is 9.65. The van der Waals surface area contributed by atoms with Crippen LogP contribution in [0.15, 0.2) is 47.3 Å². The van der Waals surface area contributed by atoms with E-state index in [2.05, 4.69) is 25.9 Å². The fraction of sp³-hybridized carbons (Fsp3) is 0.182. The maximum absolute atomic E-state index is 12.9. The van der Waals surface area contributed by atoms with Crippen LogP contribution < -0.4 is 21.5 Å². The molecule has 2 aromatic carbocycles. The van der Waals surface area contributed by atoms with Gasteiger partial charge in [0.25, 0.3) is 5.56 Å². The minimum atomic E-state index is -0.978. The van der Waals surface area contributed by atoms with Gasteiger partial charge in [-0.15, -0.1) is 0 Å². The van der Waals surface area contributed by atoms with Crippen molar-refractivity contribution in [3.63, 3.8) is 0 Å². The predicted octanol–water partition coefficient (Wildman–Crippen LogP) is 3.85. The third-order valence-electron chi connectivity index (χ3n) is 5.02. The summed E-state index contributed by atoms with van der Waals surface area (Å²) in [4.78, 5) is 44.9. The van der Waals surface area contributed by atoms with E-state index < -0.39 is 23.3 Å². The maximum atomic E-state index is 12.9. The number of carbonyl (C=O) groups is 2. The number of aromatic amines is 1. The number of fused-ring (bicyclic) bond motifs is 1. The monoisotopic (exact) mass is 437 g/mol. The summed E-state index contributed by atoms with van der Waals surface area (Å²) in [7, 11) is 0. The Labute approximate surface area is 183 Å². The molecule has 1 aliphatic rings. The van der Waals surface area contributed by atoms with Crippen molar-refractivity contribution in [2.45, 2.75) is 26.2 Å². The van der Waals surface area contributed by atoms with E-state index in [-0.39, 0.29) is 23.8 Å². The largest absolute Gasteiger partial charge is 0.326 e. The molecule has 1 atom stereocenters. The van der Waals surface area contributed by atoms with Crippen molar-refractivity contribution in [1.82, 2.24) is 9.97 Å². The van der Waals surface area contributed by atoms with Crippen LogP contribution in [0, 0.1) is 13.8 Å². The first-order valence-corrected chi connectivity index (χ1v) is 10.0. The van der Waals surface area contributed by atoms with Crippen molar-refractivity contribution in [3.8, 4) is 0 Å². The summed E-state index contributed by atoms with van der Waals surface area (Å²) in [5, 5.41) is 8.82. The molecule has 31 heavy (non-hydrogen) atoms. The highest BCUT2D eigenvalue weighted by Crippen LogP contribution is 2.30. The molecule has 0 fully saturated rings. The Kier molecular flexibility index (Phi) is 5.48. The molecule has 0 bridgehead atoms. The summed E-state index contributed by atoms with van der Waals surface area (Å²) in [6, 6.07) is 12.6. The van der Waals surface area contributed by atoms with Gasteiger partial charge in [-0.3, -0.25) is 19.4 Å². The number of carbonyl (C=O) groups excluding carboxylic acids is 2. The van der Waals surface area contributed by atoms with Crippen LogP contribution >= 0.6 is 11.6 Å². The summed E-state index contributed by atoms with van der Waals surface area (Å²) in [6.45, 7) is 3.82. The number of amides is 2. The summed E-state index contributed by atoms with van der Waals surface area (Å²) < 4.78 is 0. The van der Waals surface area contributed by atoms with E-state index in [0.29, 0.717) is 10.7 Å². The zero-order valence-corrected chi connectivity index (χ0v) is 17.6. The Bertz CT molecular complexity index is 1240. The van der Waals surface area contributed by atoms with Crippen LogP contribution in [0.4, 0.5) is 23.1 Å². The molecule has 1 aromatic heterocycles. The predicted molar refractivity (Wildman–Crippen MR) is 120 cm³/mol. The van der Waals surface area contributed by atoms with Gasteiger partial charge < -0.3 is 16.0 Å². The lowest BCUT2D eigenvalue weighted by Gasteiger charge is -2.23. The molecule has 158 valence electrons. The van der Waals surface area contributed by atoms with E-state index in [1.165, 1.54) is 0 Å². The molecule has 8 nitrogen and oxygen atoms in total. The highest BCUT2D eigenvalue weighted by Gasteiger charge is 2.34. The van der Waals surface area contributed by atoms with E-state index >= 15 is 0 Å². The number of aryl methyl sites for hydroxylation is 2. The Morgan fingerprint density at radius 1 is 1.10 bits per heavy atom. The van der Waals surface area contributed by atoms with Crippen molar-refractivity contribution in [3.05, 3.63) is 74.5 Å². The van der Waals surface area contributed by atoms with Crippen LogP contribution in [0.5, 0.6) is 0 Å². The van der Waals surface area contributed by atoms with E-state index in [4.69, 9.17) is 11.6 Å². The summed E-state index contributed by atoms with van der Waals surface area (Å²) in [6.07, 6.45) is -0.159. The van der Waals surface area contributed by atoms with Gasteiger partial charge in [0, 0.05) is 22.8 Å². The van der Waals surface area contributed by atoms with Crippen LogP contribution in [0.1, 0.15) is 29.0 Å². The van der Waals surface area contributed by atoms with Crippen molar-refractivity contribution >= 4 is 46.6 Å². The van der Waals surface area contributed by atoms with Crippen LogP contribution in [-0.4, -0.2) is 21.8 Å². The fourth-order valence-corrected chi connectivity index (χ4v) is 3.51. The first kappa shape index (κ1) is 20.6. The molecule has 0 saturated carbocycles. The Morgan fingerprint density at radius 3 is 2.52 bits per heavy atom. The molecule has 3 aromatic rings. The van der Waals surface area contributed by atoms with Gasteiger partial charge in [-0.25, -0.2) is 0 Å². The minimum absolute atomic E-state index is 0.0664. The number of H-pyrrole nitrogens is 1. The average molecular weight is 438 g/mol. The second kappa shape index (κ2) is 8.23. The second-order valence-corrected chi connectivity index (χ2v) is 7.83. The Morgan fingerprint density at radius 2 is 1.81 bits per heavy atom. The molecule has 2 heterocycles. The average Bonchev–Trinajstić information content (AvgIpc) is 2.71. The zero-order valence-electron chi connectivity index (χ0n) is 16.9. The molecular formula is C22H20ClN5O3. The molecule has 4 rings (SSSR count). The fourth-order valence-electron chi connectivity index (χ4n) is 3.33. The quantitative estimate of drug-likeness (QED) is 0.494. The molecule has 9 heteroatoms. The normalized spacial score (nSPS) is 15.1. The molecule has 0 unspecified atom stereocenters. The summed E-state index contributed by atoms with van der Waals surface area (Å²) in [5.74, 6) is -1.62. The number of anilines is 4. The Hall–Kier alpha value is -3.65. The van der Waals surface area contributed by atoms with Crippen molar-refractivity contribution < 1.29 is 9.59 Å². The number of nitrogens with zero attached hydrogens (tertiary/aromatic N) is 1. The van der Waals surface area contributed by atoms with Crippen molar-refractivity contribution in [2.24, 2.45) is 0 Å². The molecule has 1 aliphatic heterocycles. The number of rotatable bonds is 4. The smallest absolute Gasteiger partial charge is 0.258 e. The standard InChI is InChI=1S/C22H20ClN5O3/c1-11-3-6-13(7-4-11)25-22-27-19-18(21(31)28-22)15(10-17(29)26-19)20(30)24-14-8-5-12(2)16(23)9-14/h3-9,15H,10H2,1-2H3,(H,24,30)(H3,25,26,27,28,29,31)/t15-/m0/s1. The van der Waals surface area contributed by atoms with Gasteiger partial charge in [0.2, 0.25) is 17.8 Å². The SMILES string of the molecule is Cc1ccc(Nc2nc3c(c(=O)[nH]2)[C@@H](C(=O)Nc2ccc(C)c(Cl)c2)CC(=O)N3)cc1. The number of aromatic nitrogens is 2. The zero-order chi connectivity index (χ0) is 22.1. The van der Waals surface area contributed by atoms with Gasteiger partial charge in [0.15, 0.2) is 0 Å². The maximum Gasteiger partial charge on any atom is 0.258 e. The molecule has 4 N–H and O–H groups in total. The molecular weight excluding hydrogens is 418 g/mol. The van der Waals surface area contributed by atoms with Crippen LogP contribution in [0.2, 0.25) is 5.02 Å². The highest BCUT2D eigenvalue weighted by molar-refractivity contribution is 6.31. The molecule has 0 radical (unpaired) electrons. The van der Waals surface area contributed by atoms with Gasteiger partial charge in [0.05, 0.1) is 11.5 Å². The van der Waals surface area contributed by atoms with Crippen LogP contribution in [0.25, 0.3) is 0 Å².